The first kappa shape index (κ1) is 21.2. The van der Waals surface area contributed by atoms with E-state index in [9.17, 15) is 22.4 Å². The molecule has 1 aliphatic carbocycles. The number of carbonyl (C=O) groups is 1. The minimum atomic E-state index is -4.81. The molecular formula is C21H16F4N4OS. The number of nitrogens with zero attached hydrogens (tertiary/aromatic N) is 4. The minimum Gasteiger partial charge on any atom is -0.350 e. The Kier molecular flexibility index (Phi) is 4.97. The normalized spacial score (nSPS) is 18.2. The second-order valence-electron chi connectivity index (χ2n) is 7.64. The van der Waals surface area contributed by atoms with E-state index in [1.54, 1.807) is 24.0 Å². The molecule has 0 atom stereocenters. The van der Waals surface area contributed by atoms with Gasteiger partial charge in [0.1, 0.15) is 22.4 Å². The number of aromatic nitrogens is 1. The molecule has 10 heteroatoms. The summed E-state index contributed by atoms with van der Waals surface area (Å²) in [6, 6.07) is 6.80. The molecule has 1 aliphatic heterocycles. The highest BCUT2D eigenvalue weighted by Crippen LogP contribution is 2.45. The maximum Gasteiger partial charge on any atom is 0.419 e. The van der Waals surface area contributed by atoms with Crippen LogP contribution < -0.4 is 9.80 Å². The van der Waals surface area contributed by atoms with E-state index >= 15 is 0 Å². The average Bonchev–Trinajstić information content (AvgIpc) is 2.67. The van der Waals surface area contributed by atoms with Crippen LogP contribution in [0.25, 0.3) is 0 Å². The largest absolute Gasteiger partial charge is 0.419 e. The molecule has 0 radical (unpaired) electrons. The van der Waals surface area contributed by atoms with Gasteiger partial charge in [-0.1, -0.05) is 18.3 Å². The van der Waals surface area contributed by atoms with Gasteiger partial charge in [0.15, 0.2) is 5.69 Å². The Labute approximate surface area is 180 Å². The van der Waals surface area contributed by atoms with Gasteiger partial charge in [0.2, 0.25) is 0 Å². The summed E-state index contributed by atoms with van der Waals surface area (Å²) >= 11 is 5.39. The lowest BCUT2D eigenvalue weighted by Crippen LogP contribution is -2.71. The highest BCUT2D eigenvalue weighted by Gasteiger charge is 2.55. The Balaban J connectivity index is 1.77. The van der Waals surface area contributed by atoms with E-state index in [1.165, 1.54) is 12.1 Å². The number of rotatable bonds is 2. The van der Waals surface area contributed by atoms with Crippen LogP contribution in [0.3, 0.4) is 0 Å². The van der Waals surface area contributed by atoms with Crippen molar-refractivity contribution >= 4 is 34.5 Å². The topological polar surface area (TPSA) is 60.2 Å². The molecule has 2 aromatic rings. The summed E-state index contributed by atoms with van der Waals surface area (Å²) in [7, 11) is 0. The van der Waals surface area contributed by atoms with Crippen LogP contribution in [0, 0.1) is 24.1 Å². The van der Waals surface area contributed by atoms with Crippen molar-refractivity contribution in [2.24, 2.45) is 0 Å². The number of halogens is 4. The molecule has 1 aromatic heterocycles. The summed E-state index contributed by atoms with van der Waals surface area (Å²) in [5, 5.41) is 8.96. The Morgan fingerprint density at radius 3 is 2.48 bits per heavy atom. The predicted molar refractivity (Wildman–Crippen MR) is 109 cm³/mol. The molecule has 2 aliphatic rings. The van der Waals surface area contributed by atoms with E-state index in [2.05, 4.69) is 4.98 Å². The first-order valence-corrected chi connectivity index (χ1v) is 9.88. The molecule has 1 spiro atoms. The summed E-state index contributed by atoms with van der Waals surface area (Å²) in [6.45, 7) is 1.69. The predicted octanol–water partition coefficient (Wildman–Crippen LogP) is 4.52. The van der Waals surface area contributed by atoms with Gasteiger partial charge >= 0.3 is 6.18 Å². The molecule has 1 aromatic carbocycles. The van der Waals surface area contributed by atoms with E-state index in [-0.39, 0.29) is 17.2 Å². The Morgan fingerprint density at radius 2 is 1.94 bits per heavy atom. The van der Waals surface area contributed by atoms with Gasteiger partial charge in [-0.15, -0.1) is 0 Å². The lowest BCUT2D eigenvalue weighted by Gasteiger charge is -2.55. The van der Waals surface area contributed by atoms with Crippen molar-refractivity contribution in [3.05, 3.63) is 53.1 Å². The van der Waals surface area contributed by atoms with Crippen LogP contribution in [0.1, 0.15) is 36.1 Å². The van der Waals surface area contributed by atoms with Gasteiger partial charge in [0, 0.05) is 5.69 Å². The van der Waals surface area contributed by atoms with Gasteiger partial charge in [-0.25, -0.2) is 9.37 Å². The van der Waals surface area contributed by atoms with Crippen LogP contribution in [0.15, 0.2) is 30.5 Å². The Morgan fingerprint density at radius 1 is 1.23 bits per heavy atom. The highest BCUT2D eigenvalue weighted by atomic mass is 32.1. The lowest BCUT2D eigenvalue weighted by molar-refractivity contribution is -0.138. The number of thiocarbonyl (C=S) groups is 1. The third-order valence-electron chi connectivity index (χ3n) is 5.85. The molecule has 4 rings (SSSR count). The fourth-order valence-electron chi connectivity index (χ4n) is 4.02. The van der Waals surface area contributed by atoms with Gasteiger partial charge in [-0.2, -0.15) is 18.4 Å². The number of aryl methyl sites for hydroxylation is 1. The number of carbonyl (C=O) groups excluding carboxylic acids is 1. The van der Waals surface area contributed by atoms with Gasteiger partial charge < -0.3 is 4.90 Å². The number of hydrogen-bond donors (Lipinski definition) is 0. The van der Waals surface area contributed by atoms with Crippen molar-refractivity contribution < 1.29 is 22.4 Å². The second-order valence-corrected chi connectivity index (χ2v) is 8.11. The van der Waals surface area contributed by atoms with Crippen molar-refractivity contribution in [1.82, 2.24) is 4.98 Å². The summed E-state index contributed by atoms with van der Waals surface area (Å²) < 4.78 is 54.3. The van der Waals surface area contributed by atoms with Gasteiger partial charge in [-0.05, 0) is 49.9 Å². The standard InChI is InChI=1S/C21H16F4N4OS/c1-12-3-4-13(8-16(12)22)28-11-18(31)29(19(30)20(28)5-2-6-20)14-7-15(21(23,24)25)17(9-26)27-10-14/h3-4,7-8,10H,2,5-6,11H2,1H3. The zero-order valence-corrected chi connectivity index (χ0v) is 17.1. The molecule has 2 fully saturated rings. The number of hydrogen-bond acceptors (Lipinski definition) is 5. The monoisotopic (exact) mass is 448 g/mol. The van der Waals surface area contributed by atoms with Crippen molar-refractivity contribution in [1.29, 1.82) is 5.26 Å². The first-order valence-electron chi connectivity index (χ1n) is 9.47. The van der Waals surface area contributed by atoms with Crippen LogP contribution in [0.5, 0.6) is 0 Å². The quantitative estimate of drug-likeness (QED) is 0.499. The number of anilines is 2. The summed E-state index contributed by atoms with van der Waals surface area (Å²) in [5.41, 5.74) is -2.21. The highest BCUT2D eigenvalue weighted by molar-refractivity contribution is 7.80. The Bertz CT molecular complexity index is 1140. The molecule has 1 saturated heterocycles. The number of pyridine rings is 1. The second kappa shape index (κ2) is 7.27. The van der Waals surface area contributed by atoms with E-state index in [1.807, 2.05) is 0 Å². The van der Waals surface area contributed by atoms with Crippen molar-refractivity contribution in [3.63, 3.8) is 0 Å². The van der Waals surface area contributed by atoms with Crippen molar-refractivity contribution in [2.75, 3.05) is 16.3 Å². The number of benzene rings is 1. The van der Waals surface area contributed by atoms with Gasteiger partial charge in [-0.3, -0.25) is 9.69 Å². The van der Waals surface area contributed by atoms with Crippen molar-refractivity contribution in [2.45, 2.75) is 37.9 Å². The first-order chi connectivity index (χ1) is 14.6. The zero-order valence-electron chi connectivity index (χ0n) is 16.3. The van der Waals surface area contributed by atoms with Crippen LogP contribution in [-0.4, -0.2) is 28.0 Å². The summed E-state index contributed by atoms with van der Waals surface area (Å²) in [4.78, 5) is 20.0. The Hall–Kier alpha value is -3.06. The number of piperazine rings is 1. The third kappa shape index (κ3) is 3.33. The summed E-state index contributed by atoms with van der Waals surface area (Å²) in [5.74, 6) is -0.894. The SMILES string of the molecule is Cc1ccc(N2CC(=S)N(c3cnc(C#N)c(C(F)(F)F)c3)C(=O)C23CCC3)cc1F. The minimum absolute atomic E-state index is 0.0604. The van der Waals surface area contributed by atoms with Crippen LogP contribution >= 0.6 is 12.2 Å². The van der Waals surface area contributed by atoms with E-state index < -0.39 is 34.7 Å². The molecule has 1 amide bonds. The molecule has 5 nitrogen and oxygen atoms in total. The molecule has 1 saturated carbocycles. The van der Waals surface area contributed by atoms with Crippen LogP contribution in [0.4, 0.5) is 28.9 Å². The molecule has 31 heavy (non-hydrogen) atoms. The van der Waals surface area contributed by atoms with E-state index in [0.717, 1.165) is 23.6 Å². The van der Waals surface area contributed by atoms with Gasteiger partial charge in [0.25, 0.3) is 5.91 Å². The molecule has 0 bridgehead atoms. The molecule has 0 N–H and O–H groups in total. The summed E-state index contributed by atoms with van der Waals surface area (Å²) in [6.07, 6.45) is -2.08. The average molecular weight is 448 g/mol. The van der Waals surface area contributed by atoms with Crippen LogP contribution in [-0.2, 0) is 11.0 Å². The molecule has 0 unspecified atom stereocenters. The smallest absolute Gasteiger partial charge is 0.350 e. The molecular weight excluding hydrogens is 432 g/mol. The fourth-order valence-corrected chi connectivity index (χ4v) is 4.34. The lowest BCUT2D eigenvalue weighted by atomic mass is 9.72. The van der Waals surface area contributed by atoms with Crippen LogP contribution in [0.2, 0.25) is 0 Å². The maximum absolute atomic E-state index is 14.2. The fraction of sp³-hybridized carbons (Fsp3) is 0.333. The molecule has 2 heterocycles. The number of nitriles is 1. The number of amides is 1. The van der Waals surface area contributed by atoms with E-state index in [4.69, 9.17) is 17.5 Å². The van der Waals surface area contributed by atoms with Gasteiger partial charge in [0.05, 0.1) is 24.0 Å². The third-order valence-corrected chi connectivity index (χ3v) is 6.16. The van der Waals surface area contributed by atoms with Crippen molar-refractivity contribution in [3.8, 4) is 6.07 Å². The maximum atomic E-state index is 14.2. The van der Waals surface area contributed by atoms with E-state index in [0.29, 0.717) is 24.1 Å². The molecule has 160 valence electrons. The number of alkyl halides is 3. The zero-order chi connectivity index (χ0) is 22.6.